The van der Waals surface area contributed by atoms with E-state index in [0.29, 0.717) is 11.3 Å². The van der Waals surface area contributed by atoms with Crippen molar-refractivity contribution in [2.75, 3.05) is 10.6 Å². The van der Waals surface area contributed by atoms with Crippen molar-refractivity contribution in [3.8, 4) is 0 Å². The minimum Gasteiger partial charge on any atom is -0.325 e. The number of hydrogen-bond donors (Lipinski definition) is 3. The number of aryl methyl sites for hydroxylation is 1. The summed E-state index contributed by atoms with van der Waals surface area (Å²) in [5.41, 5.74) is 3.45. The van der Waals surface area contributed by atoms with Crippen molar-refractivity contribution in [3.05, 3.63) is 167 Å². The lowest BCUT2D eigenvalue weighted by atomic mass is 10.1. The predicted octanol–water partition coefficient (Wildman–Crippen LogP) is 8.02. The minimum atomic E-state index is -0.623. The standard InChI is InChI=1S/C37H30FN3O3S/c1-25-11-10-17-30(23-25)40-37(44)34(26-12-4-2-5-13-26)45-31-21-19-29(20-22-31)39-36(43)33(24-28-16-8-9-18-32(28)38)41-35(42)27-14-6-3-7-15-27/h2-24,34H,1H3,(H,39,43)(H,40,44)(H,41,42)/b33-24-. The zero-order valence-corrected chi connectivity index (χ0v) is 25.2. The van der Waals surface area contributed by atoms with E-state index < -0.39 is 22.9 Å². The second-order valence-corrected chi connectivity index (χ2v) is 11.3. The average molecular weight is 616 g/mol. The Kier molecular flexibility index (Phi) is 10.2. The third-order valence-electron chi connectivity index (χ3n) is 6.73. The van der Waals surface area contributed by atoms with Crippen LogP contribution in [0.4, 0.5) is 15.8 Å². The van der Waals surface area contributed by atoms with Gasteiger partial charge in [-0.25, -0.2) is 4.39 Å². The molecule has 0 saturated heterocycles. The van der Waals surface area contributed by atoms with Gasteiger partial charge in [-0.1, -0.05) is 78.9 Å². The van der Waals surface area contributed by atoms with Crippen LogP contribution in [0.5, 0.6) is 0 Å². The van der Waals surface area contributed by atoms with E-state index in [2.05, 4.69) is 16.0 Å². The SMILES string of the molecule is Cc1cccc(NC(=O)C(Sc2ccc(NC(=O)/C(=C/c3ccccc3F)NC(=O)c3ccccc3)cc2)c2ccccc2)c1. The summed E-state index contributed by atoms with van der Waals surface area (Å²) < 4.78 is 14.4. The molecule has 0 saturated carbocycles. The first kappa shape index (κ1) is 31.0. The highest BCUT2D eigenvalue weighted by Crippen LogP contribution is 2.37. The molecule has 5 aromatic rings. The van der Waals surface area contributed by atoms with Gasteiger partial charge in [0.05, 0.1) is 0 Å². The second-order valence-electron chi connectivity index (χ2n) is 10.1. The van der Waals surface area contributed by atoms with Gasteiger partial charge in [0.2, 0.25) is 5.91 Å². The van der Waals surface area contributed by atoms with Gasteiger partial charge in [-0.3, -0.25) is 14.4 Å². The van der Waals surface area contributed by atoms with Crippen molar-refractivity contribution in [2.24, 2.45) is 0 Å². The van der Waals surface area contributed by atoms with Gasteiger partial charge in [-0.05, 0) is 78.7 Å². The summed E-state index contributed by atoms with van der Waals surface area (Å²) in [6, 6.07) is 38.6. The molecule has 45 heavy (non-hydrogen) atoms. The summed E-state index contributed by atoms with van der Waals surface area (Å²) in [6.07, 6.45) is 1.30. The number of carbonyl (C=O) groups is 3. The van der Waals surface area contributed by atoms with E-state index >= 15 is 0 Å². The Morgan fingerprint density at radius 3 is 2.07 bits per heavy atom. The molecule has 0 radical (unpaired) electrons. The van der Waals surface area contributed by atoms with Crippen LogP contribution in [0.1, 0.15) is 32.3 Å². The first-order valence-corrected chi connectivity index (χ1v) is 15.1. The van der Waals surface area contributed by atoms with Gasteiger partial charge in [0.25, 0.3) is 11.8 Å². The molecule has 8 heteroatoms. The topological polar surface area (TPSA) is 87.3 Å². The van der Waals surface area contributed by atoms with Crippen molar-refractivity contribution in [3.63, 3.8) is 0 Å². The molecule has 3 N–H and O–H groups in total. The number of rotatable bonds is 10. The van der Waals surface area contributed by atoms with Crippen LogP contribution in [0, 0.1) is 12.7 Å². The van der Waals surface area contributed by atoms with Crippen molar-refractivity contribution >= 4 is 46.9 Å². The summed E-state index contributed by atoms with van der Waals surface area (Å²) in [7, 11) is 0. The number of halogens is 1. The van der Waals surface area contributed by atoms with Crippen LogP contribution in [0.25, 0.3) is 6.08 Å². The molecule has 0 bridgehead atoms. The molecule has 0 aliphatic carbocycles. The third-order valence-corrected chi connectivity index (χ3v) is 7.99. The van der Waals surface area contributed by atoms with E-state index in [1.807, 2.05) is 61.5 Å². The lowest BCUT2D eigenvalue weighted by Crippen LogP contribution is -2.30. The van der Waals surface area contributed by atoms with Crippen LogP contribution < -0.4 is 16.0 Å². The lowest BCUT2D eigenvalue weighted by Gasteiger charge is -2.18. The summed E-state index contributed by atoms with van der Waals surface area (Å²) in [4.78, 5) is 40.5. The lowest BCUT2D eigenvalue weighted by molar-refractivity contribution is -0.116. The molecule has 0 spiro atoms. The van der Waals surface area contributed by atoms with Crippen molar-refractivity contribution in [1.82, 2.24) is 5.32 Å². The molecule has 0 aromatic heterocycles. The van der Waals surface area contributed by atoms with Crippen LogP contribution in [0.15, 0.2) is 144 Å². The molecule has 1 unspecified atom stereocenters. The maximum Gasteiger partial charge on any atom is 0.272 e. The van der Waals surface area contributed by atoms with Gasteiger partial charge in [0.1, 0.15) is 16.8 Å². The fourth-order valence-corrected chi connectivity index (χ4v) is 5.50. The van der Waals surface area contributed by atoms with Crippen molar-refractivity contribution in [2.45, 2.75) is 17.1 Å². The highest BCUT2D eigenvalue weighted by Gasteiger charge is 2.23. The largest absolute Gasteiger partial charge is 0.325 e. The monoisotopic (exact) mass is 615 g/mol. The summed E-state index contributed by atoms with van der Waals surface area (Å²) in [5, 5.41) is 7.88. The van der Waals surface area contributed by atoms with Crippen LogP contribution in [-0.2, 0) is 9.59 Å². The third kappa shape index (κ3) is 8.55. The molecular weight excluding hydrogens is 585 g/mol. The summed E-state index contributed by atoms with van der Waals surface area (Å²) >= 11 is 1.38. The molecule has 0 aliphatic rings. The Hall–Kier alpha value is -5.47. The highest BCUT2D eigenvalue weighted by atomic mass is 32.2. The number of hydrogen-bond acceptors (Lipinski definition) is 4. The Balaban J connectivity index is 1.33. The van der Waals surface area contributed by atoms with E-state index in [1.54, 1.807) is 66.7 Å². The number of anilines is 2. The molecule has 3 amide bonds. The maximum absolute atomic E-state index is 14.4. The minimum absolute atomic E-state index is 0.121. The smallest absolute Gasteiger partial charge is 0.272 e. The number of amides is 3. The number of carbonyl (C=O) groups excluding carboxylic acids is 3. The van der Waals surface area contributed by atoms with Gasteiger partial charge in [0.15, 0.2) is 0 Å². The van der Waals surface area contributed by atoms with E-state index in [0.717, 1.165) is 21.7 Å². The second kappa shape index (κ2) is 14.8. The van der Waals surface area contributed by atoms with Gasteiger partial charge >= 0.3 is 0 Å². The zero-order chi connectivity index (χ0) is 31.6. The first-order chi connectivity index (χ1) is 21.9. The van der Waals surface area contributed by atoms with Crippen molar-refractivity contribution in [1.29, 1.82) is 0 Å². The molecule has 5 rings (SSSR count). The maximum atomic E-state index is 14.4. The van der Waals surface area contributed by atoms with Gasteiger partial charge < -0.3 is 16.0 Å². The molecule has 5 aromatic carbocycles. The first-order valence-electron chi connectivity index (χ1n) is 14.2. The molecule has 0 fully saturated rings. The van der Waals surface area contributed by atoms with Crippen LogP contribution in [-0.4, -0.2) is 17.7 Å². The molecule has 0 aliphatic heterocycles. The van der Waals surface area contributed by atoms with E-state index in [4.69, 9.17) is 0 Å². The van der Waals surface area contributed by atoms with Gasteiger partial charge in [-0.15, -0.1) is 11.8 Å². The molecule has 0 heterocycles. The van der Waals surface area contributed by atoms with E-state index in [1.165, 1.54) is 30.0 Å². The Bertz CT molecular complexity index is 1830. The summed E-state index contributed by atoms with van der Waals surface area (Å²) in [5.74, 6) is -1.82. The van der Waals surface area contributed by atoms with Crippen molar-refractivity contribution < 1.29 is 18.8 Å². The van der Waals surface area contributed by atoms with E-state index in [-0.39, 0.29) is 17.2 Å². The van der Waals surface area contributed by atoms with Crippen LogP contribution >= 0.6 is 11.8 Å². The molecule has 224 valence electrons. The van der Waals surface area contributed by atoms with Crippen LogP contribution in [0.2, 0.25) is 0 Å². The van der Waals surface area contributed by atoms with E-state index in [9.17, 15) is 18.8 Å². The average Bonchev–Trinajstić information content (AvgIpc) is 3.05. The Morgan fingerprint density at radius 2 is 1.38 bits per heavy atom. The zero-order valence-electron chi connectivity index (χ0n) is 24.4. The Morgan fingerprint density at radius 1 is 0.711 bits per heavy atom. The Labute approximate surface area is 265 Å². The number of thioether (sulfide) groups is 1. The number of nitrogens with one attached hydrogen (secondary N) is 3. The quantitative estimate of drug-likeness (QED) is 0.110. The fourth-order valence-electron chi connectivity index (χ4n) is 4.47. The fraction of sp³-hybridized carbons (Fsp3) is 0.0541. The molecule has 6 nitrogen and oxygen atoms in total. The predicted molar refractivity (Wildman–Crippen MR) is 178 cm³/mol. The normalized spacial score (nSPS) is 11.7. The van der Waals surface area contributed by atoms with Gasteiger partial charge in [0, 0.05) is 27.4 Å². The molecule has 1 atom stereocenters. The molecular formula is C37H30FN3O3S. The summed E-state index contributed by atoms with van der Waals surface area (Å²) in [6.45, 7) is 1.97. The van der Waals surface area contributed by atoms with Gasteiger partial charge in [-0.2, -0.15) is 0 Å². The highest BCUT2D eigenvalue weighted by molar-refractivity contribution is 8.00. The van der Waals surface area contributed by atoms with Crippen LogP contribution in [0.3, 0.4) is 0 Å². The number of benzene rings is 5.